The number of aromatic nitrogens is 1. The van der Waals surface area contributed by atoms with Crippen LogP contribution in [-0.4, -0.2) is 15.5 Å². The minimum atomic E-state index is -1.09. The summed E-state index contributed by atoms with van der Waals surface area (Å²) in [6.45, 7) is 0. The lowest BCUT2D eigenvalue weighted by Gasteiger charge is -2.07. The van der Waals surface area contributed by atoms with Gasteiger partial charge >= 0.3 is 5.97 Å². The fourth-order valence-corrected chi connectivity index (χ4v) is 3.96. The van der Waals surface area contributed by atoms with E-state index in [0.717, 1.165) is 21.9 Å². The third-order valence-corrected chi connectivity index (χ3v) is 4.97. The first-order valence-electron chi connectivity index (χ1n) is 7.46. The molecule has 4 nitrogen and oxygen atoms in total. The van der Waals surface area contributed by atoms with E-state index in [9.17, 15) is 9.59 Å². The number of carbonyl (C=O) groups is 1. The summed E-state index contributed by atoms with van der Waals surface area (Å²) < 4.78 is 1.25. The molecule has 0 atom stereocenters. The Kier molecular flexibility index (Phi) is 3.43. The van der Waals surface area contributed by atoms with Crippen molar-refractivity contribution < 1.29 is 9.90 Å². The van der Waals surface area contributed by atoms with E-state index in [2.05, 4.69) is 24.3 Å². The highest BCUT2D eigenvalue weighted by Crippen LogP contribution is 2.22. The van der Waals surface area contributed by atoms with Crippen molar-refractivity contribution in [1.82, 2.24) is 4.40 Å². The van der Waals surface area contributed by atoms with Gasteiger partial charge in [0.1, 0.15) is 10.5 Å². The highest BCUT2D eigenvalue weighted by Gasteiger charge is 2.13. The fraction of sp³-hybridized carbons (Fsp3) is 0.0526. The van der Waals surface area contributed by atoms with Crippen molar-refractivity contribution in [1.29, 1.82) is 0 Å². The lowest BCUT2D eigenvalue weighted by atomic mass is 9.99. The Morgan fingerprint density at radius 2 is 1.88 bits per heavy atom. The van der Waals surface area contributed by atoms with E-state index in [-0.39, 0.29) is 11.3 Å². The second-order valence-electron chi connectivity index (χ2n) is 5.62. The summed E-state index contributed by atoms with van der Waals surface area (Å²) in [6.07, 6.45) is 0.632. The van der Waals surface area contributed by atoms with Crippen LogP contribution in [0.5, 0.6) is 0 Å². The van der Waals surface area contributed by atoms with Crippen molar-refractivity contribution in [2.75, 3.05) is 0 Å². The maximum atomic E-state index is 12.3. The fourth-order valence-electron chi connectivity index (χ4n) is 3.00. The number of aromatic carboxylic acids is 1. The molecule has 24 heavy (non-hydrogen) atoms. The van der Waals surface area contributed by atoms with E-state index in [1.165, 1.54) is 27.2 Å². The van der Waals surface area contributed by atoms with Crippen molar-refractivity contribution in [3.05, 3.63) is 87.2 Å². The van der Waals surface area contributed by atoms with E-state index in [1.54, 1.807) is 0 Å². The van der Waals surface area contributed by atoms with Crippen LogP contribution in [0.15, 0.2) is 64.8 Å². The smallest absolute Gasteiger partial charge is 0.353 e. The Hall–Kier alpha value is -2.92. The molecule has 0 fully saturated rings. The van der Waals surface area contributed by atoms with Gasteiger partial charge in [0.25, 0.3) is 5.56 Å². The van der Waals surface area contributed by atoms with Crippen molar-refractivity contribution in [3.8, 4) is 0 Å². The summed E-state index contributed by atoms with van der Waals surface area (Å²) in [4.78, 5) is 24.2. The number of pyridine rings is 1. The van der Waals surface area contributed by atoms with Crippen molar-refractivity contribution in [2.24, 2.45) is 0 Å². The first kappa shape index (κ1) is 14.7. The summed E-state index contributed by atoms with van der Waals surface area (Å²) in [7, 11) is 0. The average molecular weight is 335 g/mol. The van der Waals surface area contributed by atoms with Gasteiger partial charge in [-0.1, -0.05) is 42.5 Å². The molecule has 0 amide bonds. The minimum Gasteiger partial charge on any atom is -0.477 e. The number of carboxylic acid groups (broad SMARTS) is 1. The maximum Gasteiger partial charge on any atom is 0.353 e. The van der Waals surface area contributed by atoms with Crippen molar-refractivity contribution in [3.63, 3.8) is 0 Å². The van der Waals surface area contributed by atoms with Crippen molar-refractivity contribution in [2.45, 2.75) is 6.42 Å². The van der Waals surface area contributed by atoms with Crippen LogP contribution < -0.4 is 5.56 Å². The highest BCUT2D eigenvalue weighted by atomic mass is 32.1. The molecule has 4 rings (SSSR count). The molecule has 5 heteroatoms. The largest absolute Gasteiger partial charge is 0.477 e. The number of benzene rings is 2. The van der Waals surface area contributed by atoms with Gasteiger partial charge in [-0.15, -0.1) is 11.3 Å². The molecule has 0 spiro atoms. The Morgan fingerprint density at radius 3 is 2.71 bits per heavy atom. The van der Waals surface area contributed by atoms with E-state index in [4.69, 9.17) is 5.11 Å². The molecular weight excluding hydrogens is 322 g/mol. The number of carboxylic acids is 1. The number of hydrogen-bond acceptors (Lipinski definition) is 3. The van der Waals surface area contributed by atoms with Gasteiger partial charge in [0, 0.05) is 11.4 Å². The van der Waals surface area contributed by atoms with Crippen LogP contribution in [0.2, 0.25) is 0 Å². The Balaban J connectivity index is 1.83. The van der Waals surface area contributed by atoms with E-state index in [1.807, 2.05) is 24.3 Å². The van der Waals surface area contributed by atoms with Crippen LogP contribution in [0.3, 0.4) is 0 Å². The predicted octanol–water partition coefficient (Wildman–Crippen LogP) is 3.80. The Labute approximate surface area is 141 Å². The highest BCUT2D eigenvalue weighted by molar-refractivity contribution is 7.15. The van der Waals surface area contributed by atoms with Gasteiger partial charge in [-0.05, 0) is 34.4 Å². The first-order valence-corrected chi connectivity index (χ1v) is 8.34. The van der Waals surface area contributed by atoms with Gasteiger partial charge in [0.2, 0.25) is 0 Å². The first-order chi connectivity index (χ1) is 11.6. The van der Waals surface area contributed by atoms with Gasteiger partial charge in [-0.25, -0.2) is 4.79 Å². The standard InChI is InChI=1S/C19H13NO3S/c21-17-9-12(10-18-20(17)16(11-24-18)19(22)23)8-14-6-3-5-13-4-1-2-7-15(13)14/h1-7,9-11H,8H2,(H,22,23). The molecule has 0 unspecified atom stereocenters. The molecule has 0 aliphatic carbocycles. The minimum absolute atomic E-state index is 0.0108. The number of rotatable bonds is 3. The van der Waals surface area contributed by atoms with Gasteiger partial charge in [-0.3, -0.25) is 9.20 Å². The molecule has 1 N–H and O–H groups in total. The molecule has 0 aliphatic heterocycles. The van der Waals surface area contributed by atoms with Gasteiger partial charge in [0.05, 0.1) is 0 Å². The third kappa shape index (κ3) is 2.39. The molecule has 4 aromatic rings. The normalized spacial score (nSPS) is 11.2. The average Bonchev–Trinajstić information content (AvgIpc) is 3.00. The van der Waals surface area contributed by atoms with Gasteiger partial charge in [0.15, 0.2) is 0 Å². The zero-order valence-corrected chi connectivity index (χ0v) is 13.4. The van der Waals surface area contributed by atoms with E-state index in [0.29, 0.717) is 11.3 Å². The molecule has 0 radical (unpaired) electrons. The van der Waals surface area contributed by atoms with Crippen molar-refractivity contribution >= 4 is 32.9 Å². The zero-order valence-electron chi connectivity index (χ0n) is 12.6. The number of fused-ring (bicyclic) bond motifs is 2. The SMILES string of the molecule is O=C(O)c1csc2cc(Cc3cccc4ccccc34)cc(=O)n12. The number of nitrogens with zero attached hydrogens (tertiary/aromatic N) is 1. The molecular formula is C19H13NO3S. The van der Waals surface area contributed by atoms with Gasteiger partial charge in [-0.2, -0.15) is 0 Å². The summed E-state index contributed by atoms with van der Waals surface area (Å²) in [6, 6.07) is 17.7. The summed E-state index contributed by atoms with van der Waals surface area (Å²) in [5, 5.41) is 13.0. The maximum absolute atomic E-state index is 12.3. The predicted molar refractivity (Wildman–Crippen MR) is 95.3 cm³/mol. The van der Waals surface area contributed by atoms with Gasteiger partial charge < -0.3 is 5.11 Å². The number of hydrogen-bond donors (Lipinski definition) is 1. The topological polar surface area (TPSA) is 58.8 Å². The lowest BCUT2D eigenvalue weighted by molar-refractivity contribution is 0.0689. The molecule has 0 saturated carbocycles. The van der Waals surface area contributed by atoms with Crippen LogP contribution in [0, 0.1) is 0 Å². The van der Waals surface area contributed by atoms with E-state index < -0.39 is 5.97 Å². The molecule has 0 saturated heterocycles. The zero-order chi connectivity index (χ0) is 16.7. The van der Waals surface area contributed by atoms with E-state index >= 15 is 0 Å². The molecule has 0 aliphatic rings. The second-order valence-corrected chi connectivity index (χ2v) is 6.51. The molecule has 118 valence electrons. The monoisotopic (exact) mass is 335 g/mol. The number of thiazole rings is 1. The van der Waals surface area contributed by atoms with Crippen LogP contribution in [0.25, 0.3) is 15.6 Å². The summed E-state index contributed by atoms with van der Waals surface area (Å²) in [5.41, 5.74) is 1.74. The lowest BCUT2D eigenvalue weighted by Crippen LogP contribution is -2.17. The summed E-state index contributed by atoms with van der Waals surface area (Å²) >= 11 is 1.27. The molecule has 2 aromatic heterocycles. The third-order valence-electron chi connectivity index (χ3n) is 4.08. The van der Waals surface area contributed by atoms with Crippen LogP contribution in [0.4, 0.5) is 0 Å². The Morgan fingerprint density at radius 1 is 1.08 bits per heavy atom. The van der Waals surface area contributed by atoms with Crippen LogP contribution in [0.1, 0.15) is 21.6 Å². The summed E-state index contributed by atoms with van der Waals surface area (Å²) in [5.74, 6) is -1.09. The molecule has 2 aromatic carbocycles. The second kappa shape index (κ2) is 5.62. The quantitative estimate of drug-likeness (QED) is 0.619. The van der Waals surface area contributed by atoms with Crippen LogP contribution >= 0.6 is 11.3 Å². The van der Waals surface area contributed by atoms with Crippen LogP contribution in [-0.2, 0) is 6.42 Å². The Bertz CT molecular complexity index is 1130. The molecule has 0 bridgehead atoms. The molecule has 2 heterocycles.